The third-order valence-electron chi connectivity index (χ3n) is 1.46. The molecule has 0 radical (unpaired) electrons. The fourth-order valence-corrected chi connectivity index (χ4v) is 0.750. The number of rotatable bonds is 5. The lowest BCUT2D eigenvalue weighted by atomic mass is 10.2. The molecule has 0 spiro atoms. The Morgan fingerprint density at radius 3 is 1.33 bits per heavy atom. The van der Waals surface area contributed by atoms with E-state index in [0.29, 0.717) is 0 Å². The summed E-state index contributed by atoms with van der Waals surface area (Å²) in [6.07, 6.45) is 5.54. The van der Waals surface area contributed by atoms with Crippen molar-refractivity contribution in [2.75, 3.05) is 13.1 Å². The molecule has 0 fully saturated rings. The van der Waals surface area contributed by atoms with Crippen LogP contribution in [0.5, 0.6) is 0 Å². The van der Waals surface area contributed by atoms with Gasteiger partial charge < -0.3 is 10.4 Å². The van der Waals surface area contributed by atoms with Crippen LogP contribution in [0, 0.1) is 0 Å². The Kier molecular flexibility index (Phi) is 31.0. The van der Waals surface area contributed by atoms with Crippen LogP contribution in [0.3, 0.4) is 0 Å². The highest BCUT2D eigenvalue weighted by Crippen LogP contribution is 1.95. The molecule has 0 aliphatic carbocycles. The van der Waals surface area contributed by atoms with E-state index in [1.54, 1.807) is 0 Å². The van der Waals surface area contributed by atoms with Crippen LogP contribution in [0.25, 0.3) is 0 Å². The number of nitrogens with one attached hydrogen (secondary N) is 1. The largest absolute Gasteiger partial charge is 0.481 e. The minimum atomic E-state index is -0.833. The Morgan fingerprint density at radius 2 is 1.27 bits per heavy atom. The van der Waals surface area contributed by atoms with E-state index in [9.17, 15) is 0 Å². The molecular weight excluding hydrogens is 190 g/mol. The fourth-order valence-electron chi connectivity index (χ4n) is 0.750. The Hall–Kier alpha value is -0.570. The van der Waals surface area contributed by atoms with E-state index in [-0.39, 0.29) is 0 Å². The number of carboxylic acid groups (broad SMARTS) is 1. The molecule has 0 aromatic rings. The van der Waals surface area contributed by atoms with Crippen LogP contribution in [0.1, 0.15) is 60.3 Å². The second-order valence-corrected chi connectivity index (χ2v) is 3.18. The third kappa shape index (κ3) is 89.4. The van der Waals surface area contributed by atoms with E-state index < -0.39 is 5.97 Å². The number of aliphatic carboxylic acids is 1. The van der Waals surface area contributed by atoms with E-state index in [2.05, 4.69) is 33.0 Å². The van der Waals surface area contributed by atoms with Gasteiger partial charge in [-0.2, -0.15) is 0 Å². The molecule has 0 aromatic carbocycles. The molecule has 0 rings (SSSR count). The van der Waals surface area contributed by atoms with Crippen LogP contribution < -0.4 is 5.32 Å². The molecule has 0 aliphatic heterocycles. The minimum Gasteiger partial charge on any atom is -0.481 e. The van der Waals surface area contributed by atoms with Crippen LogP contribution in [0.4, 0.5) is 0 Å². The molecule has 0 atom stereocenters. The lowest BCUT2D eigenvalue weighted by Crippen LogP contribution is -2.09. The SMILES string of the molecule is CC(=O)O.CCCCCC.CCNCC. The number of carbonyl (C=O) groups is 1. The molecular formula is C12H29NO2. The fraction of sp³-hybridized carbons (Fsp3) is 0.917. The molecule has 0 amide bonds. The second kappa shape index (κ2) is 23.3. The van der Waals surface area contributed by atoms with Crippen molar-refractivity contribution in [2.24, 2.45) is 0 Å². The summed E-state index contributed by atoms with van der Waals surface area (Å²) in [7, 11) is 0. The Bertz CT molecular complexity index is 95.8. The topological polar surface area (TPSA) is 49.3 Å². The Morgan fingerprint density at radius 1 is 1.00 bits per heavy atom. The van der Waals surface area contributed by atoms with Crippen LogP contribution in [-0.2, 0) is 4.79 Å². The molecule has 0 bridgehead atoms. The molecule has 3 nitrogen and oxygen atoms in total. The van der Waals surface area contributed by atoms with Gasteiger partial charge in [-0.3, -0.25) is 4.79 Å². The van der Waals surface area contributed by atoms with Gasteiger partial charge in [-0.05, 0) is 13.1 Å². The molecule has 0 saturated carbocycles. The highest BCUT2D eigenvalue weighted by Gasteiger charge is 1.75. The average Bonchev–Trinajstić information content (AvgIpc) is 2.16. The molecule has 0 heterocycles. The quantitative estimate of drug-likeness (QED) is 0.698. The van der Waals surface area contributed by atoms with E-state index in [1.165, 1.54) is 25.7 Å². The van der Waals surface area contributed by atoms with Crippen molar-refractivity contribution in [3.05, 3.63) is 0 Å². The van der Waals surface area contributed by atoms with Gasteiger partial charge in [0.1, 0.15) is 0 Å². The average molecular weight is 219 g/mol. The van der Waals surface area contributed by atoms with Crippen molar-refractivity contribution >= 4 is 5.97 Å². The normalized spacial score (nSPS) is 8.07. The Labute approximate surface area is 95.3 Å². The van der Waals surface area contributed by atoms with Gasteiger partial charge in [0.05, 0.1) is 0 Å². The van der Waals surface area contributed by atoms with Crippen molar-refractivity contribution in [1.29, 1.82) is 0 Å². The molecule has 3 heteroatoms. The zero-order chi connectivity index (χ0) is 12.5. The summed E-state index contributed by atoms with van der Waals surface area (Å²) in [4.78, 5) is 9.00. The summed E-state index contributed by atoms with van der Waals surface area (Å²) in [6, 6.07) is 0. The van der Waals surface area contributed by atoms with Crippen molar-refractivity contribution in [3.63, 3.8) is 0 Å². The first-order chi connectivity index (χ1) is 7.06. The van der Waals surface area contributed by atoms with Crippen LogP contribution >= 0.6 is 0 Å². The maximum atomic E-state index is 9.00. The van der Waals surface area contributed by atoms with Gasteiger partial charge in [0, 0.05) is 6.92 Å². The first kappa shape index (κ1) is 19.9. The lowest BCUT2D eigenvalue weighted by molar-refractivity contribution is -0.134. The molecule has 0 unspecified atom stereocenters. The van der Waals surface area contributed by atoms with E-state index in [1.807, 2.05) is 0 Å². The van der Waals surface area contributed by atoms with Gasteiger partial charge >= 0.3 is 0 Å². The maximum absolute atomic E-state index is 9.00. The maximum Gasteiger partial charge on any atom is 0.300 e. The highest BCUT2D eigenvalue weighted by atomic mass is 16.4. The smallest absolute Gasteiger partial charge is 0.300 e. The third-order valence-corrected chi connectivity index (χ3v) is 1.46. The Balaban J connectivity index is -0.000000147. The summed E-state index contributed by atoms with van der Waals surface area (Å²) in [6.45, 7) is 11.9. The van der Waals surface area contributed by atoms with Gasteiger partial charge in [0.15, 0.2) is 0 Å². The summed E-state index contributed by atoms with van der Waals surface area (Å²) < 4.78 is 0. The second-order valence-electron chi connectivity index (χ2n) is 3.18. The summed E-state index contributed by atoms with van der Waals surface area (Å²) in [5, 5.41) is 10.5. The summed E-state index contributed by atoms with van der Waals surface area (Å²) >= 11 is 0. The first-order valence-corrected chi connectivity index (χ1v) is 5.96. The predicted molar refractivity (Wildman–Crippen MR) is 67.3 cm³/mol. The number of unbranched alkanes of at least 4 members (excludes halogenated alkanes) is 3. The molecule has 94 valence electrons. The molecule has 0 aromatic heterocycles. The van der Waals surface area contributed by atoms with E-state index in [4.69, 9.17) is 9.90 Å². The van der Waals surface area contributed by atoms with Gasteiger partial charge in [-0.1, -0.05) is 53.4 Å². The lowest BCUT2D eigenvalue weighted by Gasteiger charge is -1.86. The van der Waals surface area contributed by atoms with Crippen molar-refractivity contribution in [3.8, 4) is 0 Å². The zero-order valence-electron chi connectivity index (χ0n) is 11.1. The van der Waals surface area contributed by atoms with Gasteiger partial charge in [0.25, 0.3) is 5.97 Å². The number of hydrogen-bond donors (Lipinski definition) is 2. The standard InChI is InChI=1S/C6H14.C4H11N.C2H4O2/c1-3-5-6-4-2;1-3-5-4-2;1-2(3)4/h3-6H2,1-2H3;5H,3-4H2,1-2H3;1H3,(H,3,4). The van der Waals surface area contributed by atoms with Crippen LogP contribution in [0.2, 0.25) is 0 Å². The van der Waals surface area contributed by atoms with Crippen molar-refractivity contribution < 1.29 is 9.90 Å². The molecule has 0 saturated heterocycles. The monoisotopic (exact) mass is 219 g/mol. The predicted octanol–water partition coefficient (Wildman–Crippen LogP) is 3.29. The van der Waals surface area contributed by atoms with Gasteiger partial charge in [-0.25, -0.2) is 0 Å². The van der Waals surface area contributed by atoms with Crippen LogP contribution in [-0.4, -0.2) is 24.2 Å². The van der Waals surface area contributed by atoms with Crippen molar-refractivity contribution in [1.82, 2.24) is 5.32 Å². The molecule has 0 aliphatic rings. The minimum absolute atomic E-state index is 0.833. The molecule has 2 N–H and O–H groups in total. The van der Waals surface area contributed by atoms with Crippen LogP contribution in [0.15, 0.2) is 0 Å². The van der Waals surface area contributed by atoms with E-state index in [0.717, 1.165) is 20.0 Å². The van der Waals surface area contributed by atoms with Gasteiger partial charge in [-0.15, -0.1) is 0 Å². The van der Waals surface area contributed by atoms with Gasteiger partial charge in [0.2, 0.25) is 0 Å². The molecule has 15 heavy (non-hydrogen) atoms. The summed E-state index contributed by atoms with van der Waals surface area (Å²) in [5.41, 5.74) is 0. The van der Waals surface area contributed by atoms with Crippen molar-refractivity contribution in [2.45, 2.75) is 60.3 Å². The highest BCUT2D eigenvalue weighted by molar-refractivity contribution is 5.62. The van der Waals surface area contributed by atoms with E-state index >= 15 is 0 Å². The summed E-state index contributed by atoms with van der Waals surface area (Å²) in [5.74, 6) is -0.833. The number of hydrogen-bond acceptors (Lipinski definition) is 2. The first-order valence-electron chi connectivity index (χ1n) is 5.96. The zero-order valence-corrected chi connectivity index (χ0v) is 11.1. The number of carboxylic acids is 1.